The second-order valence-corrected chi connectivity index (χ2v) is 4.38. The van der Waals surface area contributed by atoms with Crippen molar-refractivity contribution < 1.29 is 4.79 Å². The number of rotatable bonds is 4. The fraction of sp³-hybridized carbons (Fsp3) is 0.727. The standard InChI is InChI=1S/C11H19N5O/c1-15-9-13-10(14-15)7-12-8-11(17)16-5-3-2-4-6-16/h9,12H,2-8H2,1H3. The first kappa shape index (κ1) is 12.0. The maximum absolute atomic E-state index is 11.8. The second-order valence-electron chi connectivity index (χ2n) is 4.38. The van der Waals surface area contributed by atoms with Gasteiger partial charge in [-0.25, -0.2) is 4.98 Å². The Balaban J connectivity index is 1.69. The van der Waals surface area contributed by atoms with Crippen molar-refractivity contribution in [1.82, 2.24) is 25.0 Å². The number of aromatic nitrogens is 3. The fourth-order valence-electron chi connectivity index (χ4n) is 2.00. The van der Waals surface area contributed by atoms with Gasteiger partial charge in [-0.1, -0.05) is 0 Å². The van der Waals surface area contributed by atoms with Crippen molar-refractivity contribution in [2.45, 2.75) is 25.8 Å². The maximum atomic E-state index is 11.8. The van der Waals surface area contributed by atoms with Crippen LogP contribution in [0.2, 0.25) is 0 Å². The molecular formula is C11H19N5O. The highest BCUT2D eigenvalue weighted by Crippen LogP contribution is 2.08. The number of carbonyl (C=O) groups excluding carboxylic acids is 1. The zero-order chi connectivity index (χ0) is 12.1. The third-order valence-electron chi connectivity index (χ3n) is 2.92. The van der Waals surface area contributed by atoms with Crippen LogP contribution in [-0.4, -0.2) is 45.2 Å². The fourth-order valence-corrected chi connectivity index (χ4v) is 2.00. The van der Waals surface area contributed by atoms with Crippen LogP contribution < -0.4 is 5.32 Å². The topological polar surface area (TPSA) is 63.1 Å². The van der Waals surface area contributed by atoms with Crippen LogP contribution in [0, 0.1) is 0 Å². The molecule has 1 fully saturated rings. The summed E-state index contributed by atoms with van der Waals surface area (Å²) in [5.41, 5.74) is 0. The van der Waals surface area contributed by atoms with E-state index >= 15 is 0 Å². The molecule has 0 spiro atoms. The van der Waals surface area contributed by atoms with E-state index in [9.17, 15) is 4.79 Å². The van der Waals surface area contributed by atoms with Crippen molar-refractivity contribution >= 4 is 5.91 Å². The summed E-state index contributed by atoms with van der Waals surface area (Å²) < 4.78 is 1.66. The van der Waals surface area contributed by atoms with Gasteiger partial charge >= 0.3 is 0 Å². The predicted molar refractivity (Wildman–Crippen MR) is 63.1 cm³/mol. The smallest absolute Gasteiger partial charge is 0.236 e. The predicted octanol–water partition coefficient (Wildman–Crippen LogP) is -0.0828. The highest BCUT2D eigenvalue weighted by atomic mass is 16.2. The Bertz CT molecular complexity index is 370. The molecule has 17 heavy (non-hydrogen) atoms. The molecule has 2 heterocycles. The quantitative estimate of drug-likeness (QED) is 0.795. The van der Waals surface area contributed by atoms with Crippen molar-refractivity contribution in [2.24, 2.45) is 7.05 Å². The lowest BCUT2D eigenvalue weighted by Crippen LogP contribution is -2.41. The highest BCUT2D eigenvalue weighted by Gasteiger charge is 2.15. The zero-order valence-corrected chi connectivity index (χ0v) is 10.2. The molecule has 0 radical (unpaired) electrons. The monoisotopic (exact) mass is 237 g/mol. The molecule has 1 amide bonds. The second kappa shape index (κ2) is 5.77. The SMILES string of the molecule is Cn1cnc(CNCC(=O)N2CCCCC2)n1. The molecule has 1 saturated heterocycles. The van der Waals surface area contributed by atoms with Crippen LogP contribution in [0.4, 0.5) is 0 Å². The Morgan fingerprint density at radius 2 is 2.18 bits per heavy atom. The summed E-state index contributed by atoms with van der Waals surface area (Å²) >= 11 is 0. The number of hydrogen-bond donors (Lipinski definition) is 1. The van der Waals surface area contributed by atoms with Gasteiger partial charge < -0.3 is 10.2 Å². The molecule has 1 aromatic rings. The summed E-state index contributed by atoms with van der Waals surface area (Å²) in [5, 5.41) is 7.22. The molecule has 0 saturated carbocycles. The van der Waals surface area contributed by atoms with E-state index in [1.807, 2.05) is 11.9 Å². The summed E-state index contributed by atoms with van der Waals surface area (Å²) in [6, 6.07) is 0. The van der Waals surface area contributed by atoms with Gasteiger partial charge in [0.15, 0.2) is 5.82 Å². The van der Waals surface area contributed by atoms with Crippen molar-refractivity contribution in [3.63, 3.8) is 0 Å². The Morgan fingerprint density at radius 1 is 1.41 bits per heavy atom. The number of carbonyl (C=O) groups is 1. The molecule has 0 aromatic carbocycles. The minimum absolute atomic E-state index is 0.181. The number of nitrogens with zero attached hydrogens (tertiary/aromatic N) is 4. The van der Waals surface area contributed by atoms with Crippen LogP contribution in [0.3, 0.4) is 0 Å². The number of likely N-dealkylation sites (tertiary alicyclic amines) is 1. The summed E-state index contributed by atoms with van der Waals surface area (Å²) in [6.45, 7) is 2.73. The number of piperidine rings is 1. The molecule has 2 rings (SSSR count). The average molecular weight is 237 g/mol. The van der Waals surface area contributed by atoms with Gasteiger partial charge in [0, 0.05) is 20.1 Å². The number of amides is 1. The third kappa shape index (κ3) is 3.52. The summed E-state index contributed by atoms with van der Waals surface area (Å²) in [7, 11) is 1.83. The molecule has 0 bridgehead atoms. The normalized spacial score (nSPS) is 16.2. The van der Waals surface area contributed by atoms with Gasteiger partial charge in [-0.2, -0.15) is 5.10 Å². The first-order valence-electron chi connectivity index (χ1n) is 6.09. The first-order valence-corrected chi connectivity index (χ1v) is 6.09. The Labute approximate surface area is 101 Å². The van der Waals surface area contributed by atoms with Crippen LogP contribution in [-0.2, 0) is 18.4 Å². The molecule has 1 aliphatic heterocycles. The van der Waals surface area contributed by atoms with Crippen LogP contribution in [0.5, 0.6) is 0 Å². The molecule has 0 unspecified atom stereocenters. The number of hydrogen-bond acceptors (Lipinski definition) is 4. The van der Waals surface area contributed by atoms with Crippen molar-refractivity contribution in [3.8, 4) is 0 Å². The largest absolute Gasteiger partial charge is 0.342 e. The third-order valence-corrected chi connectivity index (χ3v) is 2.92. The minimum atomic E-state index is 0.181. The van der Waals surface area contributed by atoms with E-state index in [-0.39, 0.29) is 5.91 Å². The van der Waals surface area contributed by atoms with Crippen LogP contribution in [0.25, 0.3) is 0 Å². The van der Waals surface area contributed by atoms with Crippen molar-refractivity contribution in [3.05, 3.63) is 12.2 Å². The summed E-state index contributed by atoms with van der Waals surface area (Å²) in [4.78, 5) is 17.8. The Kier molecular flexibility index (Phi) is 4.08. The van der Waals surface area contributed by atoms with Crippen molar-refractivity contribution in [1.29, 1.82) is 0 Å². The van der Waals surface area contributed by atoms with Gasteiger partial charge in [-0.3, -0.25) is 9.48 Å². The Hall–Kier alpha value is -1.43. The molecule has 6 nitrogen and oxygen atoms in total. The van der Waals surface area contributed by atoms with E-state index in [4.69, 9.17) is 0 Å². The highest BCUT2D eigenvalue weighted by molar-refractivity contribution is 5.78. The molecule has 1 N–H and O–H groups in total. The summed E-state index contributed by atoms with van der Waals surface area (Å²) in [5.74, 6) is 0.902. The molecule has 1 aliphatic rings. The van der Waals surface area contributed by atoms with Gasteiger partial charge in [0.25, 0.3) is 0 Å². The number of nitrogens with one attached hydrogen (secondary N) is 1. The molecule has 6 heteroatoms. The van der Waals surface area contributed by atoms with Gasteiger partial charge in [0.05, 0.1) is 13.1 Å². The Morgan fingerprint density at radius 3 is 2.82 bits per heavy atom. The molecule has 0 atom stereocenters. The lowest BCUT2D eigenvalue weighted by atomic mass is 10.1. The minimum Gasteiger partial charge on any atom is -0.342 e. The maximum Gasteiger partial charge on any atom is 0.236 e. The van der Waals surface area contributed by atoms with E-state index in [0.29, 0.717) is 13.1 Å². The molecule has 94 valence electrons. The van der Waals surface area contributed by atoms with Crippen LogP contribution >= 0.6 is 0 Å². The zero-order valence-electron chi connectivity index (χ0n) is 10.2. The average Bonchev–Trinajstić information content (AvgIpc) is 2.76. The van der Waals surface area contributed by atoms with E-state index < -0.39 is 0 Å². The first-order chi connectivity index (χ1) is 8.25. The van der Waals surface area contributed by atoms with E-state index in [1.165, 1.54) is 6.42 Å². The van der Waals surface area contributed by atoms with Crippen molar-refractivity contribution in [2.75, 3.05) is 19.6 Å². The van der Waals surface area contributed by atoms with E-state index in [1.54, 1.807) is 11.0 Å². The van der Waals surface area contributed by atoms with Gasteiger partial charge in [0.2, 0.25) is 5.91 Å². The molecular weight excluding hydrogens is 218 g/mol. The number of aryl methyl sites for hydroxylation is 1. The van der Waals surface area contributed by atoms with E-state index in [2.05, 4.69) is 15.4 Å². The van der Waals surface area contributed by atoms with Gasteiger partial charge in [-0.15, -0.1) is 0 Å². The lowest BCUT2D eigenvalue weighted by molar-refractivity contribution is -0.131. The molecule has 0 aliphatic carbocycles. The van der Waals surface area contributed by atoms with Crippen LogP contribution in [0.1, 0.15) is 25.1 Å². The lowest BCUT2D eigenvalue weighted by Gasteiger charge is -2.26. The van der Waals surface area contributed by atoms with Crippen LogP contribution in [0.15, 0.2) is 6.33 Å². The molecule has 1 aromatic heterocycles. The van der Waals surface area contributed by atoms with Gasteiger partial charge in [0.1, 0.15) is 6.33 Å². The van der Waals surface area contributed by atoms with Gasteiger partial charge in [-0.05, 0) is 19.3 Å². The summed E-state index contributed by atoms with van der Waals surface area (Å²) in [6.07, 6.45) is 5.17. The van der Waals surface area contributed by atoms with E-state index in [0.717, 1.165) is 31.8 Å².